The molecule has 0 aliphatic rings. The molecule has 3 heteroatoms. The first kappa shape index (κ1) is 38.7. The van der Waals surface area contributed by atoms with Gasteiger partial charge < -0.3 is 9.47 Å². The van der Waals surface area contributed by atoms with Gasteiger partial charge in [-0.3, -0.25) is 0 Å². The molecule has 0 saturated carbocycles. The molecule has 308 valence electrons. The summed E-state index contributed by atoms with van der Waals surface area (Å²) in [6, 6.07) is 84.4. The molecule has 2 nitrogen and oxygen atoms in total. The van der Waals surface area contributed by atoms with Gasteiger partial charge in [-0.25, -0.2) is 0 Å². The van der Waals surface area contributed by atoms with E-state index in [2.05, 4.69) is 254 Å². The van der Waals surface area contributed by atoms with Gasteiger partial charge in [0.1, 0.15) is 0 Å². The van der Waals surface area contributed by atoms with Gasteiger partial charge in [-0.05, 0) is 95.3 Å². The van der Waals surface area contributed by atoms with Crippen molar-refractivity contribution < 1.29 is 0 Å². The Kier molecular flexibility index (Phi) is 9.51. The molecule has 0 aliphatic heterocycles. The van der Waals surface area contributed by atoms with Crippen LogP contribution >= 0.6 is 11.3 Å². The number of anilines is 3. The Morgan fingerprint density at radius 1 is 0.354 bits per heavy atom. The van der Waals surface area contributed by atoms with Crippen LogP contribution in [0.15, 0.2) is 231 Å². The summed E-state index contributed by atoms with van der Waals surface area (Å²) >= 11 is 1.89. The monoisotopic (exact) mass is 848 g/mol. The lowest BCUT2D eigenvalue weighted by atomic mass is 9.94. The summed E-state index contributed by atoms with van der Waals surface area (Å²) in [6.07, 6.45) is 0. The van der Waals surface area contributed by atoms with Gasteiger partial charge in [-0.15, -0.1) is 11.3 Å². The third kappa shape index (κ3) is 6.46. The molecule has 0 saturated heterocycles. The molecular formula is C62H44N2S. The average molecular weight is 849 g/mol. The lowest BCUT2D eigenvalue weighted by Gasteiger charge is -2.29. The van der Waals surface area contributed by atoms with Crippen molar-refractivity contribution >= 4 is 70.4 Å². The van der Waals surface area contributed by atoms with E-state index in [-0.39, 0.29) is 0 Å². The Morgan fingerprint density at radius 3 is 1.69 bits per heavy atom. The van der Waals surface area contributed by atoms with Crippen molar-refractivity contribution in [3.05, 3.63) is 242 Å². The molecule has 12 aromatic rings. The number of aromatic nitrogens is 1. The van der Waals surface area contributed by atoms with Crippen LogP contribution in [0.25, 0.3) is 92.2 Å². The van der Waals surface area contributed by atoms with Gasteiger partial charge in [0.2, 0.25) is 0 Å². The first-order chi connectivity index (χ1) is 32.1. The largest absolute Gasteiger partial charge is 0.309 e. The molecule has 10 aromatic carbocycles. The maximum absolute atomic E-state index is 2.53. The fourth-order valence-electron chi connectivity index (χ4n) is 10.1. The molecule has 0 spiro atoms. The van der Waals surface area contributed by atoms with Gasteiger partial charge in [0.15, 0.2) is 0 Å². The smallest absolute Gasteiger partial charge is 0.0570 e. The molecule has 2 heterocycles. The fraction of sp³-hybridized carbons (Fsp3) is 0.0323. The number of hydrogen-bond acceptors (Lipinski definition) is 2. The minimum Gasteiger partial charge on any atom is -0.309 e. The second kappa shape index (κ2) is 16.0. The third-order valence-electron chi connectivity index (χ3n) is 13.1. The number of rotatable bonds is 8. The summed E-state index contributed by atoms with van der Waals surface area (Å²) in [6.45, 7) is 4.47. The van der Waals surface area contributed by atoms with E-state index in [0.717, 1.165) is 22.6 Å². The number of benzene rings is 10. The van der Waals surface area contributed by atoms with E-state index in [1.165, 1.54) is 97.8 Å². The number of thiophene rings is 1. The number of para-hydroxylation sites is 3. The molecule has 2 aromatic heterocycles. The highest BCUT2D eigenvalue weighted by atomic mass is 32.1. The van der Waals surface area contributed by atoms with Crippen LogP contribution < -0.4 is 4.90 Å². The van der Waals surface area contributed by atoms with E-state index in [0.29, 0.717) is 0 Å². The van der Waals surface area contributed by atoms with E-state index in [1.54, 1.807) is 0 Å². The standard InChI is InChI=1S/C62H44N2S/c1-41-19-6-7-23-46(41)49-26-10-13-32-55(49)63(45-39-37-44(38-40-45)48-25-9-8-24-47(48)43-21-4-3-5-22-43)57-34-18-35-58-60(57)54-28-11-14-33-56(54)64(58)61-42(2)20-16-29-51(61)53-31-17-30-52-50-27-12-15-36-59(50)65-62(52)53/h3-40H,1-2H3. The highest BCUT2D eigenvalue weighted by Gasteiger charge is 2.25. The summed E-state index contributed by atoms with van der Waals surface area (Å²) in [5, 5.41) is 5.02. The molecule has 0 fully saturated rings. The minimum absolute atomic E-state index is 1.09. The van der Waals surface area contributed by atoms with Crippen molar-refractivity contribution in [2.75, 3.05) is 4.90 Å². The van der Waals surface area contributed by atoms with Gasteiger partial charge in [-0.1, -0.05) is 188 Å². The quantitative estimate of drug-likeness (QED) is 0.148. The average Bonchev–Trinajstić information content (AvgIpc) is 3.91. The highest BCUT2D eigenvalue weighted by Crippen LogP contribution is 2.49. The number of hydrogen-bond donors (Lipinski definition) is 0. The zero-order chi connectivity index (χ0) is 43.4. The topological polar surface area (TPSA) is 8.17 Å². The van der Waals surface area contributed by atoms with E-state index in [9.17, 15) is 0 Å². The molecule has 0 amide bonds. The van der Waals surface area contributed by atoms with E-state index < -0.39 is 0 Å². The lowest BCUT2D eigenvalue weighted by Crippen LogP contribution is -2.12. The van der Waals surface area contributed by atoms with Crippen LogP contribution in [0.3, 0.4) is 0 Å². The molecule has 65 heavy (non-hydrogen) atoms. The predicted octanol–water partition coefficient (Wildman–Crippen LogP) is 17.9. The molecule has 0 aliphatic carbocycles. The van der Waals surface area contributed by atoms with Crippen LogP contribution in [-0.4, -0.2) is 4.57 Å². The van der Waals surface area contributed by atoms with Crippen molar-refractivity contribution in [1.82, 2.24) is 4.57 Å². The normalized spacial score (nSPS) is 11.5. The molecule has 0 bridgehead atoms. The minimum atomic E-state index is 1.09. The summed E-state index contributed by atoms with van der Waals surface area (Å²) in [5.41, 5.74) is 19.0. The van der Waals surface area contributed by atoms with Crippen LogP contribution in [0.5, 0.6) is 0 Å². The van der Waals surface area contributed by atoms with Crippen molar-refractivity contribution in [3.63, 3.8) is 0 Å². The van der Waals surface area contributed by atoms with Crippen LogP contribution in [0, 0.1) is 13.8 Å². The van der Waals surface area contributed by atoms with Crippen molar-refractivity contribution in [3.8, 4) is 50.2 Å². The van der Waals surface area contributed by atoms with Crippen LogP contribution in [0.4, 0.5) is 17.1 Å². The Labute approximate surface area is 383 Å². The Hall–Kier alpha value is -7.98. The van der Waals surface area contributed by atoms with Crippen molar-refractivity contribution in [2.45, 2.75) is 13.8 Å². The van der Waals surface area contributed by atoms with Gasteiger partial charge in [0.25, 0.3) is 0 Å². The lowest BCUT2D eigenvalue weighted by molar-refractivity contribution is 1.15. The highest BCUT2D eigenvalue weighted by molar-refractivity contribution is 7.26. The van der Waals surface area contributed by atoms with Crippen LogP contribution in [-0.2, 0) is 0 Å². The molecule has 0 radical (unpaired) electrons. The number of nitrogens with zero attached hydrogens (tertiary/aromatic N) is 2. The Morgan fingerprint density at radius 2 is 0.892 bits per heavy atom. The first-order valence-corrected chi connectivity index (χ1v) is 23.2. The first-order valence-electron chi connectivity index (χ1n) is 22.4. The summed E-state index contributed by atoms with van der Waals surface area (Å²) in [5.74, 6) is 0. The summed E-state index contributed by atoms with van der Waals surface area (Å²) in [7, 11) is 0. The summed E-state index contributed by atoms with van der Waals surface area (Å²) < 4.78 is 5.15. The second-order valence-electron chi connectivity index (χ2n) is 16.9. The maximum Gasteiger partial charge on any atom is 0.0570 e. The van der Waals surface area contributed by atoms with Crippen LogP contribution in [0.1, 0.15) is 11.1 Å². The van der Waals surface area contributed by atoms with E-state index in [1.807, 2.05) is 11.3 Å². The zero-order valence-electron chi connectivity index (χ0n) is 36.2. The van der Waals surface area contributed by atoms with E-state index >= 15 is 0 Å². The molecule has 0 unspecified atom stereocenters. The molecule has 0 atom stereocenters. The second-order valence-corrected chi connectivity index (χ2v) is 18.0. The van der Waals surface area contributed by atoms with Gasteiger partial charge >= 0.3 is 0 Å². The van der Waals surface area contributed by atoms with Gasteiger partial charge in [0.05, 0.1) is 28.1 Å². The predicted molar refractivity (Wildman–Crippen MR) is 280 cm³/mol. The summed E-state index contributed by atoms with van der Waals surface area (Å²) in [4.78, 5) is 2.49. The Bertz CT molecular complexity index is 3740. The van der Waals surface area contributed by atoms with Gasteiger partial charge in [0, 0.05) is 53.3 Å². The number of aryl methyl sites for hydroxylation is 2. The SMILES string of the molecule is Cc1ccccc1-c1ccccc1N(c1ccc(-c2ccccc2-c2ccccc2)cc1)c1cccc2c1c1ccccc1n2-c1c(C)cccc1-c1cccc2c1sc1ccccc12. The van der Waals surface area contributed by atoms with Crippen molar-refractivity contribution in [1.29, 1.82) is 0 Å². The zero-order valence-corrected chi connectivity index (χ0v) is 37.1. The molecule has 12 rings (SSSR count). The molecule has 0 N–H and O–H groups in total. The fourth-order valence-corrected chi connectivity index (χ4v) is 11.4. The third-order valence-corrected chi connectivity index (χ3v) is 14.3. The van der Waals surface area contributed by atoms with Crippen LogP contribution in [0.2, 0.25) is 0 Å². The van der Waals surface area contributed by atoms with Gasteiger partial charge in [-0.2, -0.15) is 0 Å². The Balaban J connectivity index is 1.11. The number of fused-ring (bicyclic) bond motifs is 6. The van der Waals surface area contributed by atoms with E-state index in [4.69, 9.17) is 0 Å². The van der Waals surface area contributed by atoms with Crippen molar-refractivity contribution in [2.24, 2.45) is 0 Å². The maximum atomic E-state index is 2.53. The molecular weight excluding hydrogens is 805 g/mol.